The van der Waals surface area contributed by atoms with Gasteiger partial charge in [0, 0.05) is 24.0 Å². The van der Waals surface area contributed by atoms with Gasteiger partial charge in [-0.15, -0.1) is 0 Å². The van der Waals surface area contributed by atoms with Crippen LogP contribution >= 0.6 is 11.8 Å². The standard InChI is InChI=1S/C12H21N3S/c1-9-8-15(11-4-5-11)12(14-9)13-7-6-10(2)16-3/h8,10-11H,4-7H2,1-3H3,(H,13,14). The normalized spacial score (nSPS) is 17.4. The molecule has 1 saturated carbocycles. The van der Waals surface area contributed by atoms with Crippen LogP contribution in [0, 0.1) is 6.92 Å². The first-order valence-corrected chi connectivity index (χ1v) is 7.31. The largest absolute Gasteiger partial charge is 0.356 e. The molecule has 0 spiro atoms. The van der Waals surface area contributed by atoms with E-state index in [1.807, 2.05) is 11.8 Å². The molecule has 1 atom stereocenters. The molecule has 0 aromatic carbocycles. The Labute approximate surface area is 102 Å². The smallest absolute Gasteiger partial charge is 0.203 e. The molecule has 0 saturated heterocycles. The first kappa shape index (κ1) is 11.8. The van der Waals surface area contributed by atoms with Gasteiger partial charge >= 0.3 is 0 Å². The molecule has 1 heterocycles. The highest BCUT2D eigenvalue weighted by Gasteiger charge is 2.26. The van der Waals surface area contributed by atoms with Gasteiger partial charge in [-0.1, -0.05) is 6.92 Å². The summed E-state index contributed by atoms with van der Waals surface area (Å²) in [4.78, 5) is 4.54. The molecule has 1 fully saturated rings. The second-order valence-corrected chi connectivity index (χ2v) is 5.88. The van der Waals surface area contributed by atoms with Crippen LogP contribution in [0.3, 0.4) is 0 Å². The van der Waals surface area contributed by atoms with E-state index in [-0.39, 0.29) is 0 Å². The van der Waals surface area contributed by atoms with Crippen molar-refractivity contribution in [1.29, 1.82) is 0 Å². The van der Waals surface area contributed by atoms with Gasteiger partial charge < -0.3 is 9.88 Å². The SMILES string of the molecule is CSC(C)CCNc1nc(C)cn1C1CC1. The van der Waals surface area contributed by atoms with Gasteiger partial charge in [0.2, 0.25) is 5.95 Å². The van der Waals surface area contributed by atoms with E-state index in [4.69, 9.17) is 0 Å². The van der Waals surface area contributed by atoms with Crippen molar-refractivity contribution in [3.63, 3.8) is 0 Å². The Morgan fingerprint density at radius 2 is 2.38 bits per heavy atom. The summed E-state index contributed by atoms with van der Waals surface area (Å²) in [5, 5.41) is 4.18. The number of nitrogens with zero attached hydrogens (tertiary/aromatic N) is 2. The van der Waals surface area contributed by atoms with Gasteiger partial charge in [0.15, 0.2) is 0 Å². The Morgan fingerprint density at radius 1 is 1.62 bits per heavy atom. The minimum absolute atomic E-state index is 0.710. The highest BCUT2D eigenvalue weighted by Crippen LogP contribution is 2.37. The third-order valence-corrected chi connectivity index (χ3v) is 4.07. The Kier molecular flexibility index (Phi) is 3.79. The summed E-state index contributed by atoms with van der Waals surface area (Å²) in [7, 11) is 0. The fourth-order valence-corrected chi connectivity index (χ4v) is 2.14. The van der Waals surface area contributed by atoms with Gasteiger partial charge in [-0.25, -0.2) is 4.98 Å². The van der Waals surface area contributed by atoms with E-state index < -0.39 is 0 Å². The summed E-state index contributed by atoms with van der Waals surface area (Å²) in [6, 6.07) is 0.710. The minimum Gasteiger partial charge on any atom is -0.356 e. The zero-order valence-electron chi connectivity index (χ0n) is 10.4. The Bertz CT molecular complexity index is 344. The highest BCUT2D eigenvalue weighted by molar-refractivity contribution is 7.99. The second kappa shape index (κ2) is 5.13. The number of imidazole rings is 1. The molecule has 1 aliphatic carbocycles. The van der Waals surface area contributed by atoms with Crippen LogP contribution in [0.1, 0.15) is 37.9 Å². The molecule has 1 unspecified atom stereocenters. The summed E-state index contributed by atoms with van der Waals surface area (Å²) in [5.74, 6) is 1.06. The number of anilines is 1. The first-order chi connectivity index (χ1) is 7.70. The van der Waals surface area contributed by atoms with Crippen LogP contribution in [-0.4, -0.2) is 27.6 Å². The number of thioether (sulfide) groups is 1. The van der Waals surface area contributed by atoms with Crippen molar-refractivity contribution in [1.82, 2.24) is 9.55 Å². The van der Waals surface area contributed by atoms with E-state index in [9.17, 15) is 0 Å². The van der Waals surface area contributed by atoms with Crippen LogP contribution in [-0.2, 0) is 0 Å². The average Bonchev–Trinajstić information content (AvgIpc) is 3.03. The molecular weight excluding hydrogens is 218 g/mol. The van der Waals surface area contributed by atoms with Crippen molar-refractivity contribution in [3.05, 3.63) is 11.9 Å². The number of rotatable bonds is 6. The average molecular weight is 239 g/mol. The lowest BCUT2D eigenvalue weighted by atomic mass is 10.3. The lowest BCUT2D eigenvalue weighted by Crippen LogP contribution is -2.11. The fraction of sp³-hybridized carbons (Fsp3) is 0.750. The fourth-order valence-electron chi connectivity index (χ4n) is 1.78. The lowest BCUT2D eigenvalue weighted by Gasteiger charge is -2.11. The van der Waals surface area contributed by atoms with E-state index in [2.05, 4.69) is 41.2 Å². The van der Waals surface area contributed by atoms with E-state index >= 15 is 0 Å². The summed E-state index contributed by atoms with van der Waals surface area (Å²) >= 11 is 1.92. The van der Waals surface area contributed by atoms with E-state index in [1.165, 1.54) is 19.3 Å². The summed E-state index contributed by atoms with van der Waals surface area (Å²) in [6.07, 6.45) is 8.15. The van der Waals surface area contributed by atoms with Crippen LogP contribution in [0.4, 0.5) is 5.95 Å². The van der Waals surface area contributed by atoms with E-state index in [0.29, 0.717) is 6.04 Å². The molecule has 1 N–H and O–H groups in total. The number of hydrogen-bond donors (Lipinski definition) is 1. The van der Waals surface area contributed by atoms with E-state index in [0.717, 1.165) is 23.4 Å². The van der Waals surface area contributed by atoms with Crippen molar-refractivity contribution in [2.75, 3.05) is 18.1 Å². The van der Waals surface area contributed by atoms with Gasteiger partial charge in [0.1, 0.15) is 0 Å². The zero-order chi connectivity index (χ0) is 11.5. The topological polar surface area (TPSA) is 29.9 Å². The zero-order valence-corrected chi connectivity index (χ0v) is 11.2. The van der Waals surface area contributed by atoms with Gasteiger partial charge in [-0.3, -0.25) is 0 Å². The number of aryl methyl sites for hydroxylation is 1. The molecule has 90 valence electrons. The van der Waals surface area contributed by atoms with Crippen LogP contribution in [0.25, 0.3) is 0 Å². The third kappa shape index (κ3) is 2.94. The molecule has 1 aromatic rings. The number of aromatic nitrogens is 2. The predicted octanol–water partition coefficient (Wildman–Crippen LogP) is 3.08. The van der Waals surface area contributed by atoms with Gasteiger partial charge in [0.25, 0.3) is 0 Å². The molecule has 0 amide bonds. The van der Waals surface area contributed by atoms with Crippen LogP contribution in [0.15, 0.2) is 6.20 Å². The van der Waals surface area contributed by atoms with Crippen molar-refractivity contribution in [2.45, 2.75) is 44.4 Å². The van der Waals surface area contributed by atoms with Gasteiger partial charge in [-0.05, 0) is 32.4 Å². The quantitative estimate of drug-likeness (QED) is 0.827. The molecule has 1 aromatic heterocycles. The molecule has 2 rings (SSSR count). The van der Waals surface area contributed by atoms with Crippen LogP contribution in [0.5, 0.6) is 0 Å². The second-order valence-electron chi connectivity index (χ2n) is 4.61. The Hall–Kier alpha value is -0.640. The number of hydrogen-bond acceptors (Lipinski definition) is 3. The van der Waals surface area contributed by atoms with Gasteiger partial charge in [0.05, 0.1) is 5.69 Å². The van der Waals surface area contributed by atoms with Crippen molar-refractivity contribution in [3.8, 4) is 0 Å². The van der Waals surface area contributed by atoms with Gasteiger partial charge in [-0.2, -0.15) is 11.8 Å². The minimum atomic E-state index is 0.710. The molecule has 0 bridgehead atoms. The Morgan fingerprint density at radius 3 is 3.00 bits per heavy atom. The molecule has 0 radical (unpaired) electrons. The molecule has 1 aliphatic rings. The van der Waals surface area contributed by atoms with E-state index in [1.54, 1.807) is 0 Å². The summed E-state index contributed by atoms with van der Waals surface area (Å²) in [6.45, 7) is 5.35. The van der Waals surface area contributed by atoms with Crippen molar-refractivity contribution in [2.24, 2.45) is 0 Å². The molecule has 0 aliphatic heterocycles. The maximum absolute atomic E-state index is 4.54. The maximum atomic E-state index is 4.54. The number of nitrogens with one attached hydrogen (secondary N) is 1. The molecular formula is C12H21N3S. The first-order valence-electron chi connectivity index (χ1n) is 6.03. The van der Waals surface area contributed by atoms with Crippen molar-refractivity contribution < 1.29 is 0 Å². The highest BCUT2D eigenvalue weighted by atomic mass is 32.2. The summed E-state index contributed by atoms with van der Waals surface area (Å²) in [5.41, 5.74) is 1.12. The third-order valence-electron chi connectivity index (χ3n) is 3.03. The maximum Gasteiger partial charge on any atom is 0.203 e. The predicted molar refractivity (Wildman–Crippen MR) is 71.3 cm³/mol. The monoisotopic (exact) mass is 239 g/mol. The Balaban J connectivity index is 1.88. The summed E-state index contributed by atoms with van der Waals surface area (Å²) < 4.78 is 2.30. The molecule has 4 heteroatoms. The molecule has 3 nitrogen and oxygen atoms in total. The van der Waals surface area contributed by atoms with Crippen LogP contribution in [0.2, 0.25) is 0 Å². The van der Waals surface area contributed by atoms with Crippen molar-refractivity contribution >= 4 is 17.7 Å². The van der Waals surface area contributed by atoms with Crippen LogP contribution < -0.4 is 5.32 Å². The lowest BCUT2D eigenvalue weighted by molar-refractivity contribution is 0.736. The molecule has 16 heavy (non-hydrogen) atoms.